The van der Waals surface area contributed by atoms with E-state index in [4.69, 9.17) is 15.6 Å². The highest BCUT2D eigenvalue weighted by molar-refractivity contribution is 5.92. The lowest BCUT2D eigenvalue weighted by molar-refractivity contribution is -0.138. The Hall–Kier alpha value is -3.06. The van der Waals surface area contributed by atoms with Gasteiger partial charge >= 0.3 is 12.0 Å². The molecule has 2 amide bonds. The van der Waals surface area contributed by atoms with Gasteiger partial charge in [-0.2, -0.15) is 10.5 Å². The largest absolute Gasteiger partial charge is 0.480 e. The van der Waals surface area contributed by atoms with Gasteiger partial charge in [-0.25, -0.2) is 4.79 Å². The Kier molecular flexibility index (Phi) is 4.44. The second-order valence-corrected chi connectivity index (χ2v) is 3.64. The number of nitriles is 2. The van der Waals surface area contributed by atoms with Crippen molar-refractivity contribution in [2.75, 3.05) is 5.32 Å². The first-order chi connectivity index (χ1) is 8.97. The maximum Gasteiger partial charge on any atom is 0.325 e. The average Bonchev–Trinajstić information content (AvgIpc) is 2.38. The van der Waals surface area contributed by atoms with Gasteiger partial charge in [0.15, 0.2) is 0 Å². The van der Waals surface area contributed by atoms with Gasteiger partial charge in [0, 0.05) is 5.69 Å². The lowest BCUT2D eigenvalue weighted by atomic mass is 10.1. The van der Waals surface area contributed by atoms with Gasteiger partial charge in [-0.1, -0.05) is 0 Å². The van der Waals surface area contributed by atoms with Crippen molar-refractivity contribution in [1.82, 2.24) is 5.32 Å². The Morgan fingerprint density at radius 2 is 1.89 bits per heavy atom. The summed E-state index contributed by atoms with van der Waals surface area (Å²) in [5, 5.41) is 30.8. The first kappa shape index (κ1) is 14.0. The average molecular weight is 258 g/mol. The van der Waals surface area contributed by atoms with E-state index in [0.717, 1.165) is 0 Å². The quantitative estimate of drug-likeness (QED) is 0.746. The fourth-order valence-electron chi connectivity index (χ4n) is 1.24. The van der Waals surface area contributed by atoms with Crippen LogP contribution in [0.25, 0.3) is 0 Å². The number of carbonyl (C=O) groups is 2. The lowest BCUT2D eigenvalue weighted by Crippen LogP contribution is -2.40. The van der Waals surface area contributed by atoms with Crippen LogP contribution < -0.4 is 10.6 Å². The van der Waals surface area contributed by atoms with Gasteiger partial charge in [0.2, 0.25) is 0 Å². The smallest absolute Gasteiger partial charge is 0.325 e. The van der Waals surface area contributed by atoms with Crippen LogP contribution in [0, 0.1) is 22.7 Å². The molecule has 96 valence electrons. The highest BCUT2D eigenvalue weighted by Crippen LogP contribution is 2.14. The molecule has 0 fully saturated rings. The molecule has 0 aliphatic carbocycles. The fraction of sp³-hybridized carbons (Fsp3) is 0.167. The van der Waals surface area contributed by atoms with E-state index in [0.29, 0.717) is 5.69 Å². The van der Waals surface area contributed by atoms with Gasteiger partial charge in [0.05, 0.1) is 11.1 Å². The predicted molar refractivity (Wildman–Crippen MR) is 65.1 cm³/mol. The third-order valence-corrected chi connectivity index (χ3v) is 2.24. The molecule has 1 aromatic carbocycles. The summed E-state index contributed by atoms with van der Waals surface area (Å²) in [5.41, 5.74) is 0.629. The molecule has 3 N–H and O–H groups in total. The van der Waals surface area contributed by atoms with Crippen molar-refractivity contribution in [1.29, 1.82) is 10.5 Å². The monoisotopic (exact) mass is 258 g/mol. The highest BCUT2D eigenvalue weighted by atomic mass is 16.4. The normalized spacial score (nSPS) is 10.7. The zero-order valence-corrected chi connectivity index (χ0v) is 9.97. The number of urea groups is 1. The summed E-state index contributed by atoms with van der Waals surface area (Å²) in [5.74, 6) is -1.16. The summed E-state index contributed by atoms with van der Waals surface area (Å²) in [6, 6.07) is 6.12. The second-order valence-electron chi connectivity index (χ2n) is 3.64. The maximum absolute atomic E-state index is 11.4. The SMILES string of the molecule is C[C@H](NC(=O)Nc1ccc(C#N)c(C#N)c1)C(=O)O. The van der Waals surface area contributed by atoms with Gasteiger partial charge < -0.3 is 15.7 Å². The number of benzene rings is 1. The summed E-state index contributed by atoms with van der Waals surface area (Å²) in [6.07, 6.45) is 0. The van der Waals surface area contributed by atoms with Crippen LogP contribution in [0.4, 0.5) is 10.5 Å². The van der Waals surface area contributed by atoms with E-state index < -0.39 is 18.0 Å². The zero-order valence-electron chi connectivity index (χ0n) is 9.97. The molecule has 0 aliphatic heterocycles. The molecule has 0 unspecified atom stereocenters. The second kappa shape index (κ2) is 6.03. The van der Waals surface area contributed by atoms with Gasteiger partial charge in [-0.3, -0.25) is 4.79 Å². The molecule has 19 heavy (non-hydrogen) atoms. The summed E-state index contributed by atoms with van der Waals surface area (Å²) in [6.45, 7) is 1.32. The van der Waals surface area contributed by atoms with Crippen LogP contribution in [0.15, 0.2) is 18.2 Å². The van der Waals surface area contributed by atoms with Gasteiger partial charge in [-0.05, 0) is 25.1 Å². The molecule has 0 aliphatic rings. The number of nitrogens with zero attached hydrogens (tertiary/aromatic N) is 2. The van der Waals surface area contributed by atoms with Crippen LogP contribution in [0.3, 0.4) is 0 Å². The molecule has 0 spiro atoms. The topological polar surface area (TPSA) is 126 Å². The molecule has 0 saturated heterocycles. The summed E-state index contributed by atoms with van der Waals surface area (Å²) in [7, 11) is 0. The zero-order chi connectivity index (χ0) is 14.4. The maximum atomic E-state index is 11.4. The number of hydrogen-bond acceptors (Lipinski definition) is 4. The van der Waals surface area contributed by atoms with E-state index in [1.807, 2.05) is 12.1 Å². The van der Waals surface area contributed by atoms with Crippen LogP contribution in [0.2, 0.25) is 0 Å². The molecule has 1 aromatic rings. The van der Waals surface area contributed by atoms with Crippen LogP contribution in [-0.4, -0.2) is 23.1 Å². The summed E-state index contributed by atoms with van der Waals surface area (Å²) in [4.78, 5) is 22.0. The Balaban J connectivity index is 2.79. The highest BCUT2D eigenvalue weighted by Gasteiger charge is 2.14. The first-order valence-electron chi connectivity index (χ1n) is 5.22. The van der Waals surface area contributed by atoms with Gasteiger partial charge in [0.1, 0.15) is 18.2 Å². The van der Waals surface area contributed by atoms with E-state index in [2.05, 4.69) is 10.6 Å². The minimum Gasteiger partial charge on any atom is -0.480 e. The number of rotatable bonds is 3. The third kappa shape index (κ3) is 3.72. The molecule has 0 heterocycles. The van der Waals surface area contributed by atoms with Crippen LogP contribution in [-0.2, 0) is 4.79 Å². The van der Waals surface area contributed by atoms with Crippen molar-refractivity contribution in [3.8, 4) is 12.1 Å². The summed E-state index contributed by atoms with van der Waals surface area (Å²) >= 11 is 0. The van der Waals surface area contributed by atoms with Gasteiger partial charge in [-0.15, -0.1) is 0 Å². The molecule has 7 heteroatoms. The van der Waals surface area contributed by atoms with Crippen molar-refractivity contribution in [2.45, 2.75) is 13.0 Å². The Morgan fingerprint density at radius 3 is 2.42 bits per heavy atom. The molecule has 7 nitrogen and oxygen atoms in total. The van der Waals surface area contributed by atoms with E-state index in [-0.39, 0.29) is 11.1 Å². The first-order valence-corrected chi connectivity index (χ1v) is 5.22. The van der Waals surface area contributed by atoms with Crippen molar-refractivity contribution in [2.24, 2.45) is 0 Å². The molecule has 0 aromatic heterocycles. The van der Waals surface area contributed by atoms with Crippen LogP contribution in [0.5, 0.6) is 0 Å². The van der Waals surface area contributed by atoms with Crippen molar-refractivity contribution < 1.29 is 14.7 Å². The number of aliphatic carboxylic acids is 1. The third-order valence-electron chi connectivity index (χ3n) is 2.24. The minimum absolute atomic E-state index is 0.131. The number of carboxylic acid groups (broad SMARTS) is 1. The van der Waals surface area contributed by atoms with Crippen LogP contribution in [0.1, 0.15) is 18.1 Å². The number of hydrogen-bond donors (Lipinski definition) is 3. The van der Waals surface area contributed by atoms with E-state index in [1.54, 1.807) is 0 Å². The molecule has 0 radical (unpaired) electrons. The molecule has 0 bridgehead atoms. The number of anilines is 1. The summed E-state index contributed by atoms with van der Waals surface area (Å²) < 4.78 is 0. The number of nitrogens with one attached hydrogen (secondary N) is 2. The van der Waals surface area contributed by atoms with Crippen LogP contribution >= 0.6 is 0 Å². The Labute approximate surface area is 109 Å². The lowest BCUT2D eigenvalue weighted by Gasteiger charge is -2.11. The predicted octanol–water partition coefficient (Wildman–Crippen LogP) is 1.02. The molecular formula is C12H10N4O3. The number of carbonyl (C=O) groups excluding carboxylic acids is 1. The van der Waals surface area contributed by atoms with E-state index >= 15 is 0 Å². The van der Waals surface area contributed by atoms with Crippen molar-refractivity contribution in [3.63, 3.8) is 0 Å². The fourth-order valence-corrected chi connectivity index (χ4v) is 1.24. The molecule has 0 saturated carbocycles. The van der Waals surface area contributed by atoms with E-state index in [1.165, 1.54) is 25.1 Å². The van der Waals surface area contributed by atoms with Crippen molar-refractivity contribution >= 4 is 17.7 Å². The number of carboxylic acids is 1. The Bertz CT molecular complexity index is 598. The molecule has 1 rings (SSSR count). The molecule has 1 atom stereocenters. The van der Waals surface area contributed by atoms with E-state index in [9.17, 15) is 9.59 Å². The standard InChI is InChI=1S/C12H10N4O3/c1-7(11(17)18)15-12(19)16-10-3-2-8(5-13)9(4-10)6-14/h2-4,7H,1H3,(H,17,18)(H2,15,16,19)/t7-/m0/s1. The molecular weight excluding hydrogens is 248 g/mol. The minimum atomic E-state index is -1.16. The van der Waals surface area contributed by atoms with Crippen molar-refractivity contribution in [3.05, 3.63) is 29.3 Å². The Morgan fingerprint density at radius 1 is 1.26 bits per heavy atom. The number of amides is 2. The van der Waals surface area contributed by atoms with Gasteiger partial charge in [0.25, 0.3) is 0 Å².